The summed E-state index contributed by atoms with van der Waals surface area (Å²) in [6, 6.07) is 5.42. The van der Waals surface area contributed by atoms with E-state index < -0.39 is 17.4 Å². The molecule has 2 N–H and O–H groups in total. The molecule has 1 heterocycles. The Morgan fingerprint density at radius 3 is 2.86 bits per heavy atom. The minimum atomic E-state index is -0.544. The van der Waals surface area contributed by atoms with Crippen LogP contribution in [-0.2, 0) is 4.74 Å². The zero-order valence-corrected chi connectivity index (χ0v) is 12.8. The first-order valence-corrected chi connectivity index (χ1v) is 6.79. The second-order valence-corrected chi connectivity index (χ2v) is 5.51. The number of benzene rings is 1. The number of rotatable bonds is 5. The van der Waals surface area contributed by atoms with Gasteiger partial charge in [-0.2, -0.15) is 5.10 Å². The number of halogens is 1. The van der Waals surface area contributed by atoms with Gasteiger partial charge in [0, 0.05) is 19.5 Å². The van der Waals surface area contributed by atoms with Crippen LogP contribution in [0.5, 0.6) is 0 Å². The molecule has 0 aliphatic carbocycles. The van der Waals surface area contributed by atoms with Crippen LogP contribution in [0.25, 0.3) is 5.69 Å². The van der Waals surface area contributed by atoms with Crippen molar-refractivity contribution in [3.8, 4) is 5.69 Å². The van der Waals surface area contributed by atoms with Crippen molar-refractivity contribution in [3.63, 3.8) is 0 Å². The highest BCUT2D eigenvalue weighted by molar-refractivity contribution is 5.92. The number of carbonyl (C=O) groups excluding carboxylic acids is 1. The zero-order chi connectivity index (χ0) is 16.2. The second kappa shape index (κ2) is 6.57. The van der Waals surface area contributed by atoms with Crippen LogP contribution in [0.2, 0.25) is 0 Å². The van der Waals surface area contributed by atoms with E-state index in [1.165, 1.54) is 12.1 Å². The van der Waals surface area contributed by atoms with Crippen LogP contribution >= 0.6 is 0 Å². The monoisotopic (exact) mass is 306 g/mol. The molecule has 0 radical (unpaired) electrons. The summed E-state index contributed by atoms with van der Waals surface area (Å²) in [4.78, 5) is 12.1. The maximum atomic E-state index is 13.5. The van der Waals surface area contributed by atoms with Gasteiger partial charge in [-0.15, -0.1) is 0 Å². The lowest BCUT2D eigenvalue weighted by Crippen LogP contribution is -2.48. The SMILES string of the molecule is COCC(C)(C)NC(=O)Nc1cc(F)ccc1-n1cccn1. The molecule has 0 saturated heterocycles. The van der Waals surface area contributed by atoms with Crippen molar-refractivity contribution in [1.29, 1.82) is 0 Å². The number of carbonyl (C=O) groups is 1. The first-order chi connectivity index (χ1) is 10.4. The maximum absolute atomic E-state index is 13.5. The average Bonchev–Trinajstić information content (AvgIpc) is 2.91. The lowest BCUT2D eigenvalue weighted by Gasteiger charge is -2.25. The number of amides is 2. The highest BCUT2D eigenvalue weighted by Crippen LogP contribution is 2.21. The number of methoxy groups -OCH3 is 1. The normalized spacial score (nSPS) is 11.3. The molecule has 1 aromatic carbocycles. The molecule has 7 heteroatoms. The maximum Gasteiger partial charge on any atom is 0.319 e. The number of urea groups is 1. The lowest BCUT2D eigenvalue weighted by molar-refractivity contribution is 0.133. The minimum absolute atomic E-state index is 0.328. The fourth-order valence-electron chi connectivity index (χ4n) is 2.08. The first kappa shape index (κ1) is 16.0. The molecular formula is C15H19FN4O2. The van der Waals surface area contributed by atoms with Gasteiger partial charge in [-0.1, -0.05) is 0 Å². The number of hydrogen-bond donors (Lipinski definition) is 2. The van der Waals surface area contributed by atoms with Gasteiger partial charge in [0.15, 0.2) is 0 Å². The largest absolute Gasteiger partial charge is 0.382 e. The van der Waals surface area contributed by atoms with Gasteiger partial charge in [-0.05, 0) is 38.1 Å². The minimum Gasteiger partial charge on any atom is -0.382 e. The molecule has 0 unspecified atom stereocenters. The quantitative estimate of drug-likeness (QED) is 0.892. The molecule has 0 spiro atoms. The van der Waals surface area contributed by atoms with Gasteiger partial charge in [0.2, 0.25) is 0 Å². The van der Waals surface area contributed by atoms with Crippen molar-refractivity contribution in [2.24, 2.45) is 0 Å². The molecule has 118 valence electrons. The Hall–Kier alpha value is -2.41. The fourth-order valence-corrected chi connectivity index (χ4v) is 2.08. The highest BCUT2D eigenvalue weighted by Gasteiger charge is 2.21. The molecule has 22 heavy (non-hydrogen) atoms. The summed E-state index contributed by atoms with van der Waals surface area (Å²) in [6.07, 6.45) is 3.32. The molecule has 0 atom stereocenters. The van der Waals surface area contributed by atoms with E-state index in [-0.39, 0.29) is 0 Å². The standard InChI is InChI=1S/C15H19FN4O2/c1-15(2,10-22-3)19-14(21)18-12-9-11(16)5-6-13(12)20-8-4-7-17-20/h4-9H,10H2,1-3H3,(H2,18,19,21). The van der Waals surface area contributed by atoms with Crippen molar-refractivity contribution in [3.05, 3.63) is 42.5 Å². The van der Waals surface area contributed by atoms with E-state index >= 15 is 0 Å². The Labute approximate surface area is 128 Å². The molecule has 0 fully saturated rings. The third-order valence-electron chi connectivity index (χ3n) is 2.92. The van der Waals surface area contributed by atoms with E-state index in [0.29, 0.717) is 18.0 Å². The second-order valence-electron chi connectivity index (χ2n) is 5.51. The van der Waals surface area contributed by atoms with E-state index in [0.717, 1.165) is 0 Å². The zero-order valence-electron chi connectivity index (χ0n) is 12.8. The summed E-state index contributed by atoms with van der Waals surface area (Å²) < 4.78 is 20.1. The van der Waals surface area contributed by atoms with Gasteiger partial charge >= 0.3 is 6.03 Å². The third-order valence-corrected chi connectivity index (χ3v) is 2.92. The van der Waals surface area contributed by atoms with Gasteiger partial charge in [-0.3, -0.25) is 0 Å². The molecule has 0 aliphatic rings. The van der Waals surface area contributed by atoms with Crippen molar-refractivity contribution in [2.45, 2.75) is 19.4 Å². The van der Waals surface area contributed by atoms with Crippen molar-refractivity contribution >= 4 is 11.7 Å². The Balaban J connectivity index is 2.19. The summed E-state index contributed by atoms with van der Waals surface area (Å²) in [5.41, 5.74) is 0.360. The van der Waals surface area contributed by atoms with Crippen LogP contribution < -0.4 is 10.6 Å². The van der Waals surface area contributed by atoms with E-state index in [9.17, 15) is 9.18 Å². The van der Waals surface area contributed by atoms with Gasteiger partial charge < -0.3 is 15.4 Å². The van der Waals surface area contributed by atoms with Crippen LogP contribution in [0, 0.1) is 5.82 Å². The van der Waals surface area contributed by atoms with Crippen molar-refractivity contribution in [1.82, 2.24) is 15.1 Å². The van der Waals surface area contributed by atoms with Gasteiger partial charge in [0.25, 0.3) is 0 Å². The van der Waals surface area contributed by atoms with Crippen LogP contribution in [0.3, 0.4) is 0 Å². The van der Waals surface area contributed by atoms with Crippen LogP contribution in [0.1, 0.15) is 13.8 Å². The third kappa shape index (κ3) is 4.05. The Bertz CT molecular complexity index is 641. The number of nitrogens with zero attached hydrogens (tertiary/aromatic N) is 2. The molecule has 0 aliphatic heterocycles. The molecule has 2 amide bonds. The molecule has 1 aromatic heterocycles. The predicted octanol–water partition coefficient (Wildman–Crippen LogP) is 2.56. The predicted molar refractivity (Wildman–Crippen MR) is 81.6 cm³/mol. The number of hydrogen-bond acceptors (Lipinski definition) is 3. The summed E-state index contributed by atoms with van der Waals surface area (Å²) in [6.45, 7) is 4.02. The fraction of sp³-hybridized carbons (Fsp3) is 0.333. The van der Waals surface area contributed by atoms with Crippen LogP contribution in [0.15, 0.2) is 36.7 Å². The number of ether oxygens (including phenoxy) is 1. The molecule has 2 rings (SSSR count). The Kier molecular flexibility index (Phi) is 4.77. The first-order valence-electron chi connectivity index (χ1n) is 6.79. The van der Waals surface area contributed by atoms with E-state index in [1.807, 2.05) is 13.8 Å². The number of anilines is 1. The summed E-state index contributed by atoms with van der Waals surface area (Å²) in [7, 11) is 1.56. The topological polar surface area (TPSA) is 68.2 Å². The Morgan fingerprint density at radius 1 is 1.45 bits per heavy atom. The van der Waals surface area contributed by atoms with Crippen molar-refractivity contribution in [2.75, 3.05) is 19.0 Å². The van der Waals surface area contributed by atoms with Crippen LogP contribution in [-0.4, -0.2) is 35.1 Å². The van der Waals surface area contributed by atoms with Crippen LogP contribution in [0.4, 0.5) is 14.9 Å². The van der Waals surface area contributed by atoms with Gasteiger partial charge in [0.05, 0.1) is 23.5 Å². The van der Waals surface area contributed by atoms with E-state index in [1.54, 1.807) is 36.3 Å². The molecule has 0 saturated carbocycles. The summed E-state index contributed by atoms with van der Waals surface area (Å²) in [5, 5.41) is 9.51. The van der Waals surface area contributed by atoms with Crippen molar-refractivity contribution < 1.29 is 13.9 Å². The summed E-state index contributed by atoms with van der Waals surface area (Å²) >= 11 is 0. The molecule has 0 bridgehead atoms. The lowest BCUT2D eigenvalue weighted by atomic mass is 10.1. The highest BCUT2D eigenvalue weighted by atomic mass is 19.1. The van der Waals surface area contributed by atoms with E-state index in [4.69, 9.17) is 4.74 Å². The summed E-state index contributed by atoms with van der Waals surface area (Å²) in [5.74, 6) is -0.442. The number of nitrogens with one attached hydrogen (secondary N) is 2. The van der Waals surface area contributed by atoms with Gasteiger partial charge in [-0.25, -0.2) is 13.9 Å². The average molecular weight is 306 g/mol. The molecular weight excluding hydrogens is 287 g/mol. The van der Waals surface area contributed by atoms with Gasteiger partial charge in [0.1, 0.15) is 5.82 Å². The molecule has 6 nitrogen and oxygen atoms in total. The number of aromatic nitrogens is 2. The molecule has 2 aromatic rings. The van der Waals surface area contributed by atoms with E-state index in [2.05, 4.69) is 15.7 Å². The Morgan fingerprint density at radius 2 is 2.23 bits per heavy atom. The smallest absolute Gasteiger partial charge is 0.319 e.